The first-order chi connectivity index (χ1) is 13.5. The van der Waals surface area contributed by atoms with Crippen LogP contribution in [0.1, 0.15) is 49.9 Å². The van der Waals surface area contributed by atoms with Gasteiger partial charge in [-0.2, -0.15) is 0 Å². The number of unbranched alkanes of at least 4 members (excludes halogenated alkanes) is 1. The topological polar surface area (TPSA) is 90.7 Å². The number of aliphatic hydroxyl groups is 1. The molecule has 1 aliphatic heterocycles. The molecular weight excluding hydrogens is 356 g/mol. The van der Waals surface area contributed by atoms with Crippen molar-refractivity contribution in [1.29, 1.82) is 0 Å². The van der Waals surface area contributed by atoms with Crippen LogP contribution >= 0.6 is 0 Å². The van der Waals surface area contributed by atoms with Gasteiger partial charge < -0.3 is 15.1 Å². The average molecular weight is 386 g/mol. The zero-order chi connectivity index (χ0) is 20.4. The van der Waals surface area contributed by atoms with Crippen LogP contribution in [0.25, 0.3) is 0 Å². The van der Waals surface area contributed by atoms with Gasteiger partial charge in [0.15, 0.2) is 0 Å². The molecule has 2 heterocycles. The molecule has 2 atom stereocenters. The summed E-state index contributed by atoms with van der Waals surface area (Å²) >= 11 is 0. The molecule has 0 spiro atoms. The van der Waals surface area contributed by atoms with E-state index in [0.29, 0.717) is 32.2 Å². The zero-order valence-corrected chi connectivity index (χ0v) is 16.5. The van der Waals surface area contributed by atoms with Gasteiger partial charge in [-0.1, -0.05) is 30.4 Å². The minimum atomic E-state index is -0.788. The number of amides is 1. The number of aliphatic hydroxyl groups excluding tert-OH is 1. The van der Waals surface area contributed by atoms with Crippen molar-refractivity contribution in [2.45, 2.75) is 64.0 Å². The van der Waals surface area contributed by atoms with E-state index in [9.17, 15) is 14.7 Å². The van der Waals surface area contributed by atoms with Crippen molar-refractivity contribution in [2.24, 2.45) is 0 Å². The number of allylic oxidation sites excluding steroid dienone is 1. The lowest BCUT2D eigenvalue weighted by atomic mass is 10.00. The van der Waals surface area contributed by atoms with Crippen LogP contribution in [-0.4, -0.2) is 50.7 Å². The highest BCUT2D eigenvalue weighted by atomic mass is 16.4. The number of rotatable bonds is 10. The third kappa shape index (κ3) is 7.64. The number of pyridine rings is 1. The molecule has 0 aromatic carbocycles. The van der Waals surface area contributed by atoms with Gasteiger partial charge in [0, 0.05) is 37.2 Å². The molecule has 2 N–H and O–H groups in total. The van der Waals surface area contributed by atoms with E-state index in [0.717, 1.165) is 24.2 Å². The summed E-state index contributed by atoms with van der Waals surface area (Å²) in [7, 11) is 0. The summed E-state index contributed by atoms with van der Waals surface area (Å²) in [6.45, 7) is 2.43. The molecule has 0 bridgehead atoms. The number of piperidine rings is 1. The Morgan fingerprint density at radius 2 is 2.21 bits per heavy atom. The van der Waals surface area contributed by atoms with Crippen LogP contribution in [0.4, 0.5) is 0 Å². The molecule has 152 valence electrons. The Balaban J connectivity index is 1.87. The molecule has 0 radical (unpaired) electrons. The predicted molar refractivity (Wildman–Crippen MR) is 108 cm³/mol. The Hall–Kier alpha value is -2.47. The Bertz CT molecular complexity index is 714. The quantitative estimate of drug-likeness (QED) is 0.476. The second-order valence-electron chi connectivity index (χ2n) is 7.19. The largest absolute Gasteiger partial charge is 0.481 e. The lowest BCUT2D eigenvalue weighted by molar-refractivity contribution is -0.137. The van der Waals surface area contributed by atoms with Crippen LogP contribution in [-0.2, 0) is 16.0 Å². The summed E-state index contributed by atoms with van der Waals surface area (Å²) < 4.78 is 0. The number of aryl methyl sites for hydroxylation is 1. The van der Waals surface area contributed by atoms with Crippen molar-refractivity contribution in [3.8, 4) is 0 Å². The van der Waals surface area contributed by atoms with Crippen molar-refractivity contribution >= 4 is 11.9 Å². The summed E-state index contributed by atoms with van der Waals surface area (Å²) in [5.74, 6) is -0.671. The number of hydrogen-bond acceptors (Lipinski definition) is 4. The minimum absolute atomic E-state index is 0.0231. The highest BCUT2D eigenvalue weighted by Gasteiger charge is 2.25. The number of hydrogen-bond donors (Lipinski definition) is 2. The van der Waals surface area contributed by atoms with Gasteiger partial charge in [0.1, 0.15) is 0 Å². The van der Waals surface area contributed by atoms with Gasteiger partial charge in [-0.05, 0) is 44.7 Å². The molecule has 0 aliphatic carbocycles. The molecule has 1 saturated heterocycles. The molecule has 1 fully saturated rings. The fourth-order valence-electron chi connectivity index (χ4n) is 3.31. The molecule has 1 amide bonds. The van der Waals surface area contributed by atoms with Crippen LogP contribution in [0, 0.1) is 6.92 Å². The lowest BCUT2D eigenvalue weighted by Crippen LogP contribution is -2.42. The number of likely N-dealkylation sites (tertiary alicyclic amines) is 1. The molecule has 1 aliphatic rings. The van der Waals surface area contributed by atoms with Crippen LogP contribution in [0.15, 0.2) is 42.5 Å². The Kier molecular flexibility index (Phi) is 8.88. The van der Waals surface area contributed by atoms with Crippen LogP contribution in [0.2, 0.25) is 0 Å². The maximum absolute atomic E-state index is 12.3. The van der Waals surface area contributed by atoms with Gasteiger partial charge in [-0.25, -0.2) is 0 Å². The fourth-order valence-corrected chi connectivity index (χ4v) is 3.31. The highest BCUT2D eigenvalue weighted by molar-refractivity contribution is 5.77. The SMILES string of the molecule is Cc1cccc(CC(O)C=C[C@H]2CCCC(=O)N2CC=CCCCC(=O)O)n1. The van der Waals surface area contributed by atoms with Gasteiger partial charge in [0.05, 0.1) is 12.1 Å². The van der Waals surface area contributed by atoms with Gasteiger partial charge in [0.2, 0.25) is 5.91 Å². The number of carbonyl (C=O) groups excluding carboxylic acids is 1. The highest BCUT2D eigenvalue weighted by Crippen LogP contribution is 2.20. The van der Waals surface area contributed by atoms with E-state index in [2.05, 4.69) is 4.98 Å². The predicted octanol–water partition coefficient (Wildman–Crippen LogP) is 3.04. The monoisotopic (exact) mass is 386 g/mol. The lowest BCUT2D eigenvalue weighted by Gasteiger charge is -2.33. The minimum Gasteiger partial charge on any atom is -0.481 e. The van der Waals surface area contributed by atoms with Gasteiger partial charge >= 0.3 is 5.97 Å². The molecule has 2 rings (SSSR count). The third-order valence-corrected chi connectivity index (χ3v) is 4.76. The standard InChI is InChI=1S/C22H30N2O4/c1-17-8-6-9-18(23-17)16-20(25)14-13-19-10-7-11-21(26)24(19)15-5-3-2-4-12-22(27)28/h3,5-6,8-9,13-14,19-20,25H,2,4,7,10-12,15-16H2,1H3,(H,27,28)/t19-,20?/m1/s1. The number of carboxylic acids is 1. The second kappa shape index (κ2) is 11.4. The van der Waals surface area contributed by atoms with Crippen molar-refractivity contribution in [1.82, 2.24) is 9.88 Å². The van der Waals surface area contributed by atoms with Crippen LogP contribution < -0.4 is 0 Å². The maximum atomic E-state index is 12.3. The third-order valence-electron chi connectivity index (χ3n) is 4.76. The smallest absolute Gasteiger partial charge is 0.303 e. The summed E-state index contributed by atoms with van der Waals surface area (Å²) in [4.78, 5) is 29.0. The average Bonchev–Trinajstić information content (AvgIpc) is 2.64. The number of carboxylic acid groups (broad SMARTS) is 1. The Labute approximate surface area is 166 Å². The first-order valence-electron chi connectivity index (χ1n) is 9.91. The first kappa shape index (κ1) is 21.8. The van der Waals surface area contributed by atoms with E-state index >= 15 is 0 Å². The van der Waals surface area contributed by atoms with Gasteiger partial charge in [-0.15, -0.1) is 0 Å². The molecule has 6 heteroatoms. The molecule has 1 unspecified atom stereocenters. The summed E-state index contributed by atoms with van der Waals surface area (Å²) in [6, 6.07) is 5.73. The van der Waals surface area contributed by atoms with E-state index < -0.39 is 12.1 Å². The fraction of sp³-hybridized carbons (Fsp3) is 0.500. The summed E-state index contributed by atoms with van der Waals surface area (Å²) in [5, 5.41) is 18.9. The van der Waals surface area contributed by atoms with E-state index in [4.69, 9.17) is 5.11 Å². The number of nitrogens with zero attached hydrogens (tertiary/aromatic N) is 2. The second-order valence-corrected chi connectivity index (χ2v) is 7.19. The van der Waals surface area contributed by atoms with Crippen molar-refractivity contribution < 1.29 is 19.8 Å². The molecule has 0 saturated carbocycles. The molecule has 6 nitrogen and oxygen atoms in total. The van der Waals surface area contributed by atoms with E-state index in [1.165, 1.54) is 0 Å². The number of aliphatic carboxylic acids is 1. The Morgan fingerprint density at radius 3 is 2.96 bits per heavy atom. The maximum Gasteiger partial charge on any atom is 0.303 e. The molecule has 28 heavy (non-hydrogen) atoms. The number of carbonyl (C=O) groups is 2. The van der Waals surface area contributed by atoms with E-state index in [-0.39, 0.29) is 18.4 Å². The Morgan fingerprint density at radius 1 is 1.39 bits per heavy atom. The zero-order valence-electron chi connectivity index (χ0n) is 16.5. The van der Waals surface area contributed by atoms with E-state index in [1.54, 1.807) is 6.08 Å². The summed E-state index contributed by atoms with van der Waals surface area (Å²) in [5.41, 5.74) is 1.77. The molecule has 1 aromatic rings. The van der Waals surface area contributed by atoms with Crippen LogP contribution in [0.3, 0.4) is 0 Å². The first-order valence-corrected chi connectivity index (χ1v) is 9.91. The van der Waals surface area contributed by atoms with Crippen molar-refractivity contribution in [3.63, 3.8) is 0 Å². The van der Waals surface area contributed by atoms with Gasteiger partial charge in [-0.3, -0.25) is 14.6 Å². The van der Waals surface area contributed by atoms with Crippen LogP contribution in [0.5, 0.6) is 0 Å². The number of aromatic nitrogens is 1. The van der Waals surface area contributed by atoms with Crippen molar-refractivity contribution in [3.05, 3.63) is 53.9 Å². The van der Waals surface area contributed by atoms with E-state index in [1.807, 2.05) is 48.3 Å². The molecular formula is C22H30N2O4. The molecule has 1 aromatic heterocycles. The normalized spacial score (nSPS) is 18.9. The van der Waals surface area contributed by atoms with Gasteiger partial charge in [0.25, 0.3) is 0 Å². The summed E-state index contributed by atoms with van der Waals surface area (Å²) in [6.07, 6.45) is 11.1. The van der Waals surface area contributed by atoms with Crippen molar-refractivity contribution in [2.75, 3.05) is 6.54 Å².